The first-order valence-electron chi connectivity index (χ1n) is 8.70. The Morgan fingerprint density at radius 3 is 2.96 bits per heavy atom. The summed E-state index contributed by atoms with van der Waals surface area (Å²) in [6.07, 6.45) is 7.24. The van der Waals surface area contributed by atoms with Crippen molar-refractivity contribution in [3.8, 4) is 5.82 Å². The van der Waals surface area contributed by atoms with E-state index in [1.165, 1.54) is 25.8 Å². The highest BCUT2D eigenvalue weighted by molar-refractivity contribution is 5.95. The molecule has 1 amide bonds. The maximum atomic E-state index is 12.5. The Labute approximate surface area is 141 Å². The van der Waals surface area contributed by atoms with Gasteiger partial charge in [0.05, 0.1) is 17.5 Å². The minimum Gasteiger partial charge on any atom is -0.352 e. The summed E-state index contributed by atoms with van der Waals surface area (Å²) in [5.74, 6) is 1.25. The van der Waals surface area contributed by atoms with Gasteiger partial charge in [-0.2, -0.15) is 5.10 Å². The van der Waals surface area contributed by atoms with E-state index in [1.807, 2.05) is 25.1 Å². The molecule has 1 aliphatic carbocycles. The molecule has 1 unspecified atom stereocenters. The molecule has 2 aromatic rings. The lowest BCUT2D eigenvalue weighted by atomic mass is 10.1. The summed E-state index contributed by atoms with van der Waals surface area (Å²) in [5, 5.41) is 7.40. The van der Waals surface area contributed by atoms with Gasteiger partial charge >= 0.3 is 0 Å². The fourth-order valence-corrected chi connectivity index (χ4v) is 3.48. The van der Waals surface area contributed by atoms with Crippen LogP contribution in [0.25, 0.3) is 5.82 Å². The first-order chi connectivity index (χ1) is 11.7. The average molecular weight is 325 g/mol. The predicted molar refractivity (Wildman–Crippen MR) is 91.1 cm³/mol. The maximum Gasteiger partial charge on any atom is 0.254 e. The van der Waals surface area contributed by atoms with Gasteiger partial charge in [0.25, 0.3) is 5.91 Å². The van der Waals surface area contributed by atoms with Crippen LogP contribution in [0.1, 0.15) is 35.3 Å². The number of likely N-dealkylation sites (tertiary alicyclic amines) is 1. The van der Waals surface area contributed by atoms with Crippen molar-refractivity contribution in [2.24, 2.45) is 5.92 Å². The fourth-order valence-electron chi connectivity index (χ4n) is 3.48. The van der Waals surface area contributed by atoms with Gasteiger partial charge in [0.15, 0.2) is 5.82 Å². The SMILES string of the molecule is Cc1c(C(=O)NCC2CCN(C3CC3)C2)cnn1-c1ccccn1. The zero-order chi connectivity index (χ0) is 16.5. The van der Waals surface area contributed by atoms with Crippen LogP contribution in [0.4, 0.5) is 0 Å². The van der Waals surface area contributed by atoms with Crippen molar-refractivity contribution in [3.05, 3.63) is 41.9 Å². The van der Waals surface area contributed by atoms with Gasteiger partial charge in [-0.3, -0.25) is 4.79 Å². The summed E-state index contributed by atoms with van der Waals surface area (Å²) in [6.45, 7) is 4.95. The van der Waals surface area contributed by atoms with Crippen molar-refractivity contribution >= 4 is 5.91 Å². The molecule has 6 heteroatoms. The van der Waals surface area contributed by atoms with Crippen LogP contribution in [0.2, 0.25) is 0 Å². The van der Waals surface area contributed by atoms with Crippen molar-refractivity contribution in [2.75, 3.05) is 19.6 Å². The van der Waals surface area contributed by atoms with Crippen LogP contribution >= 0.6 is 0 Å². The number of carbonyl (C=O) groups is 1. The van der Waals surface area contributed by atoms with Crippen LogP contribution < -0.4 is 5.32 Å². The third-order valence-electron chi connectivity index (χ3n) is 5.05. The highest BCUT2D eigenvalue weighted by Gasteiger charge is 2.34. The van der Waals surface area contributed by atoms with E-state index in [-0.39, 0.29) is 5.91 Å². The van der Waals surface area contributed by atoms with Crippen molar-refractivity contribution < 1.29 is 4.79 Å². The Kier molecular flexibility index (Phi) is 4.06. The van der Waals surface area contributed by atoms with Gasteiger partial charge in [0.2, 0.25) is 0 Å². The van der Waals surface area contributed by atoms with E-state index in [1.54, 1.807) is 17.1 Å². The zero-order valence-electron chi connectivity index (χ0n) is 14.0. The van der Waals surface area contributed by atoms with Crippen LogP contribution in [0.3, 0.4) is 0 Å². The summed E-state index contributed by atoms with van der Waals surface area (Å²) in [6, 6.07) is 6.48. The van der Waals surface area contributed by atoms with E-state index >= 15 is 0 Å². The molecule has 1 saturated carbocycles. The molecule has 1 aliphatic heterocycles. The number of hydrogen-bond donors (Lipinski definition) is 1. The highest BCUT2D eigenvalue weighted by atomic mass is 16.1. The number of carbonyl (C=O) groups excluding carboxylic acids is 1. The molecule has 24 heavy (non-hydrogen) atoms. The lowest BCUT2D eigenvalue weighted by Crippen LogP contribution is -2.31. The van der Waals surface area contributed by atoms with Gasteiger partial charge in [0, 0.05) is 25.3 Å². The number of nitrogens with one attached hydrogen (secondary N) is 1. The van der Waals surface area contributed by atoms with Crippen molar-refractivity contribution in [3.63, 3.8) is 0 Å². The van der Waals surface area contributed by atoms with Crippen molar-refractivity contribution in [1.82, 2.24) is 25.0 Å². The zero-order valence-corrected chi connectivity index (χ0v) is 14.0. The Balaban J connectivity index is 1.37. The molecule has 2 aromatic heterocycles. The minimum absolute atomic E-state index is 0.0421. The smallest absolute Gasteiger partial charge is 0.254 e. The van der Waals surface area contributed by atoms with E-state index in [0.29, 0.717) is 11.5 Å². The lowest BCUT2D eigenvalue weighted by Gasteiger charge is -2.15. The molecule has 1 atom stereocenters. The van der Waals surface area contributed by atoms with Crippen molar-refractivity contribution in [2.45, 2.75) is 32.2 Å². The summed E-state index contributed by atoms with van der Waals surface area (Å²) in [5.41, 5.74) is 1.44. The normalized spacial score (nSPS) is 21.1. The highest BCUT2D eigenvalue weighted by Crippen LogP contribution is 2.31. The van der Waals surface area contributed by atoms with Gasteiger partial charge in [-0.1, -0.05) is 6.07 Å². The van der Waals surface area contributed by atoms with Crippen LogP contribution in [-0.2, 0) is 0 Å². The Morgan fingerprint density at radius 2 is 2.21 bits per heavy atom. The monoisotopic (exact) mass is 325 g/mol. The molecule has 3 heterocycles. The molecular formula is C18H23N5O. The van der Waals surface area contributed by atoms with Gasteiger partial charge in [0.1, 0.15) is 0 Å². The molecule has 0 spiro atoms. The molecule has 2 aliphatic rings. The molecule has 4 rings (SSSR count). The summed E-state index contributed by atoms with van der Waals surface area (Å²) in [4.78, 5) is 19.4. The number of amides is 1. The predicted octanol–water partition coefficient (Wildman–Crippen LogP) is 1.79. The Bertz CT molecular complexity index is 722. The molecule has 0 bridgehead atoms. The first kappa shape index (κ1) is 15.3. The van der Waals surface area contributed by atoms with Gasteiger partial charge < -0.3 is 10.2 Å². The Morgan fingerprint density at radius 1 is 1.33 bits per heavy atom. The summed E-state index contributed by atoms with van der Waals surface area (Å²) in [7, 11) is 0. The number of hydrogen-bond acceptors (Lipinski definition) is 4. The molecule has 0 aromatic carbocycles. The van der Waals surface area contributed by atoms with Crippen molar-refractivity contribution in [1.29, 1.82) is 0 Å². The maximum absolute atomic E-state index is 12.5. The van der Waals surface area contributed by atoms with E-state index in [9.17, 15) is 4.79 Å². The number of nitrogens with zero attached hydrogens (tertiary/aromatic N) is 4. The number of rotatable bonds is 5. The second-order valence-corrected chi connectivity index (χ2v) is 6.83. The van der Waals surface area contributed by atoms with Crippen LogP contribution in [-0.4, -0.2) is 51.2 Å². The summed E-state index contributed by atoms with van der Waals surface area (Å²) >= 11 is 0. The van der Waals surface area contributed by atoms with Crippen LogP contribution in [0, 0.1) is 12.8 Å². The fraction of sp³-hybridized carbons (Fsp3) is 0.500. The first-order valence-corrected chi connectivity index (χ1v) is 8.70. The van der Waals surface area contributed by atoms with E-state index in [0.717, 1.165) is 30.6 Å². The molecule has 6 nitrogen and oxygen atoms in total. The van der Waals surface area contributed by atoms with E-state index < -0.39 is 0 Å². The van der Waals surface area contributed by atoms with Crippen LogP contribution in [0.5, 0.6) is 0 Å². The third kappa shape index (κ3) is 3.06. The molecule has 126 valence electrons. The largest absolute Gasteiger partial charge is 0.352 e. The second kappa shape index (κ2) is 6.36. The van der Waals surface area contributed by atoms with E-state index in [4.69, 9.17) is 0 Å². The molecule has 1 N–H and O–H groups in total. The number of pyridine rings is 1. The third-order valence-corrected chi connectivity index (χ3v) is 5.05. The quantitative estimate of drug-likeness (QED) is 0.910. The molecule has 0 radical (unpaired) electrons. The lowest BCUT2D eigenvalue weighted by molar-refractivity contribution is 0.0946. The van der Waals surface area contributed by atoms with Crippen LogP contribution in [0.15, 0.2) is 30.6 Å². The van der Waals surface area contributed by atoms with Gasteiger partial charge in [-0.25, -0.2) is 9.67 Å². The molecular weight excluding hydrogens is 302 g/mol. The van der Waals surface area contributed by atoms with Gasteiger partial charge in [-0.05, 0) is 50.8 Å². The van der Waals surface area contributed by atoms with Gasteiger partial charge in [-0.15, -0.1) is 0 Å². The Hall–Kier alpha value is -2.21. The number of aromatic nitrogens is 3. The second-order valence-electron chi connectivity index (χ2n) is 6.83. The average Bonchev–Trinajstić information content (AvgIpc) is 3.22. The molecule has 1 saturated heterocycles. The van der Waals surface area contributed by atoms with E-state index in [2.05, 4.69) is 20.3 Å². The molecule has 2 fully saturated rings. The topological polar surface area (TPSA) is 63.1 Å². The summed E-state index contributed by atoms with van der Waals surface area (Å²) < 4.78 is 1.71. The minimum atomic E-state index is -0.0421. The standard InChI is InChI=1S/C18H23N5O/c1-13-16(11-21-23(13)17-4-2-3-8-19-17)18(24)20-10-14-7-9-22(12-14)15-5-6-15/h2-4,8,11,14-15H,5-7,9-10,12H2,1H3,(H,20,24).